The smallest absolute Gasteiger partial charge is 0.0720 e. The summed E-state index contributed by atoms with van der Waals surface area (Å²) in [6.45, 7) is 4.24. The quantitative estimate of drug-likeness (QED) is 0.434. The van der Waals surface area contributed by atoms with Crippen LogP contribution in [0.2, 0.25) is 0 Å². The largest absolute Gasteiger partial charge is 0.391 e. The number of benzene rings is 1. The van der Waals surface area contributed by atoms with Crippen molar-refractivity contribution in [2.45, 2.75) is 103 Å². The monoisotopic (exact) mass is 333 g/mol. The lowest BCUT2D eigenvalue weighted by Gasteiger charge is -2.30. The van der Waals surface area contributed by atoms with Gasteiger partial charge < -0.3 is 10.8 Å². The Bertz CT molecular complexity index is 402. The molecule has 1 aromatic carbocycles. The average Bonchev–Trinajstić information content (AvgIpc) is 2.57. The van der Waals surface area contributed by atoms with Gasteiger partial charge in [-0.05, 0) is 25.3 Å². The van der Waals surface area contributed by atoms with Gasteiger partial charge in [0.1, 0.15) is 0 Å². The summed E-state index contributed by atoms with van der Waals surface area (Å²) < 4.78 is 0. The summed E-state index contributed by atoms with van der Waals surface area (Å²) in [4.78, 5) is 0. The van der Waals surface area contributed by atoms with Crippen molar-refractivity contribution in [3.63, 3.8) is 0 Å². The molecular formula is C22H39NO. The second kappa shape index (κ2) is 12.5. The lowest BCUT2D eigenvalue weighted by Crippen LogP contribution is -2.49. The van der Waals surface area contributed by atoms with Gasteiger partial charge in [0.25, 0.3) is 0 Å². The molecule has 2 nitrogen and oxygen atoms in total. The van der Waals surface area contributed by atoms with Crippen LogP contribution in [0.4, 0.5) is 0 Å². The van der Waals surface area contributed by atoms with Gasteiger partial charge in [0, 0.05) is 5.54 Å². The van der Waals surface area contributed by atoms with Crippen molar-refractivity contribution < 1.29 is 5.11 Å². The fourth-order valence-electron chi connectivity index (χ4n) is 3.31. The zero-order valence-corrected chi connectivity index (χ0v) is 16.0. The predicted molar refractivity (Wildman–Crippen MR) is 105 cm³/mol. The van der Waals surface area contributed by atoms with E-state index in [2.05, 4.69) is 19.1 Å². The maximum absolute atomic E-state index is 10.4. The minimum atomic E-state index is -0.541. The molecule has 2 atom stereocenters. The third-order valence-electron chi connectivity index (χ3n) is 5.02. The first-order valence-corrected chi connectivity index (χ1v) is 10.1. The molecule has 2 unspecified atom stereocenters. The highest BCUT2D eigenvalue weighted by molar-refractivity contribution is 5.18. The Morgan fingerprint density at radius 1 is 0.875 bits per heavy atom. The van der Waals surface area contributed by atoms with Gasteiger partial charge in [-0.3, -0.25) is 0 Å². The molecular weight excluding hydrogens is 294 g/mol. The van der Waals surface area contributed by atoms with Crippen LogP contribution in [0.3, 0.4) is 0 Å². The van der Waals surface area contributed by atoms with Crippen LogP contribution < -0.4 is 5.73 Å². The van der Waals surface area contributed by atoms with Gasteiger partial charge >= 0.3 is 0 Å². The van der Waals surface area contributed by atoms with Crippen molar-refractivity contribution >= 4 is 0 Å². The molecule has 0 aromatic heterocycles. The van der Waals surface area contributed by atoms with Crippen molar-refractivity contribution in [3.8, 4) is 0 Å². The SMILES string of the molecule is CCCCCCCCCCCCC(O)C(C)(N)Cc1ccccc1. The number of nitrogens with two attached hydrogens (primary N) is 1. The van der Waals surface area contributed by atoms with E-state index in [4.69, 9.17) is 5.73 Å². The molecule has 0 saturated carbocycles. The summed E-state index contributed by atoms with van der Waals surface area (Å²) in [7, 11) is 0. The van der Waals surface area contributed by atoms with E-state index in [0.29, 0.717) is 0 Å². The number of aliphatic hydroxyl groups excluding tert-OH is 1. The van der Waals surface area contributed by atoms with Crippen LogP contribution in [0.25, 0.3) is 0 Å². The number of unbranched alkanes of at least 4 members (excludes halogenated alkanes) is 9. The number of hydrogen-bond acceptors (Lipinski definition) is 2. The van der Waals surface area contributed by atoms with Crippen LogP contribution in [0.5, 0.6) is 0 Å². The van der Waals surface area contributed by atoms with E-state index in [1.54, 1.807) is 0 Å². The minimum Gasteiger partial charge on any atom is -0.391 e. The summed E-state index contributed by atoms with van der Waals surface area (Å²) in [5.41, 5.74) is 7.02. The molecule has 1 rings (SSSR count). The Morgan fingerprint density at radius 3 is 1.92 bits per heavy atom. The van der Waals surface area contributed by atoms with E-state index < -0.39 is 11.6 Å². The number of rotatable bonds is 14. The van der Waals surface area contributed by atoms with E-state index in [0.717, 1.165) is 19.3 Å². The van der Waals surface area contributed by atoms with E-state index in [9.17, 15) is 5.11 Å². The standard InChI is InChI=1S/C22H39NO/c1-3-4-5-6-7-8-9-10-11-15-18-21(24)22(2,23)19-20-16-13-12-14-17-20/h12-14,16-17,21,24H,3-11,15,18-19,23H2,1-2H3. The highest BCUT2D eigenvalue weighted by Crippen LogP contribution is 2.20. The Labute approximate surface area is 149 Å². The summed E-state index contributed by atoms with van der Waals surface area (Å²) in [5.74, 6) is 0. The highest BCUT2D eigenvalue weighted by atomic mass is 16.3. The second-order valence-corrected chi connectivity index (χ2v) is 7.65. The molecule has 0 amide bonds. The van der Waals surface area contributed by atoms with Crippen molar-refractivity contribution in [2.75, 3.05) is 0 Å². The highest BCUT2D eigenvalue weighted by Gasteiger charge is 2.28. The molecule has 0 heterocycles. The lowest BCUT2D eigenvalue weighted by atomic mass is 9.85. The fourth-order valence-corrected chi connectivity index (χ4v) is 3.31. The minimum absolute atomic E-state index is 0.424. The first-order valence-electron chi connectivity index (χ1n) is 10.1. The van der Waals surface area contributed by atoms with Crippen LogP contribution >= 0.6 is 0 Å². The molecule has 0 spiro atoms. The van der Waals surface area contributed by atoms with Crippen molar-refractivity contribution in [3.05, 3.63) is 35.9 Å². The van der Waals surface area contributed by atoms with Crippen LogP contribution in [0, 0.1) is 0 Å². The molecule has 0 aliphatic heterocycles. The zero-order valence-electron chi connectivity index (χ0n) is 16.0. The molecule has 24 heavy (non-hydrogen) atoms. The molecule has 0 aliphatic rings. The Morgan fingerprint density at radius 2 is 1.38 bits per heavy atom. The molecule has 0 fully saturated rings. The first-order chi connectivity index (χ1) is 11.6. The Hall–Kier alpha value is -0.860. The third-order valence-corrected chi connectivity index (χ3v) is 5.02. The molecule has 0 radical (unpaired) electrons. The van der Waals surface area contributed by atoms with E-state index in [-0.39, 0.29) is 0 Å². The summed E-state index contributed by atoms with van der Waals surface area (Å²) in [6, 6.07) is 10.2. The van der Waals surface area contributed by atoms with Crippen LogP contribution in [0.1, 0.15) is 90.0 Å². The molecule has 138 valence electrons. The van der Waals surface area contributed by atoms with E-state index in [1.165, 1.54) is 63.4 Å². The van der Waals surface area contributed by atoms with E-state index >= 15 is 0 Å². The Kier molecular flexibility index (Phi) is 11.0. The zero-order chi connectivity index (χ0) is 17.7. The fraction of sp³-hybridized carbons (Fsp3) is 0.727. The summed E-state index contributed by atoms with van der Waals surface area (Å²) in [5, 5.41) is 10.4. The molecule has 3 N–H and O–H groups in total. The van der Waals surface area contributed by atoms with E-state index in [1.807, 2.05) is 25.1 Å². The lowest BCUT2D eigenvalue weighted by molar-refractivity contribution is 0.0828. The third kappa shape index (κ3) is 9.44. The Balaban J connectivity index is 2.07. The second-order valence-electron chi connectivity index (χ2n) is 7.65. The van der Waals surface area contributed by atoms with Gasteiger partial charge in [0.2, 0.25) is 0 Å². The summed E-state index contributed by atoms with van der Waals surface area (Å²) in [6.07, 6.45) is 14.3. The van der Waals surface area contributed by atoms with Gasteiger partial charge in [-0.15, -0.1) is 0 Å². The number of hydrogen-bond donors (Lipinski definition) is 2. The molecule has 1 aromatic rings. The summed E-state index contributed by atoms with van der Waals surface area (Å²) >= 11 is 0. The van der Waals surface area contributed by atoms with Gasteiger partial charge in [-0.2, -0.15) is 0 Å². The van der Waals surface area contributed by atoms with Crippen LogP contribution in [-0.4, -0.2) is 16.7 Å². The van der Waals surface area contributed by atoms with Crippen molar-refractivity contribution in [1.82, 2.24) is 0 Å². The average molecular weight is 334 g/mol. The predicted octanol–water partition coefficient (Wildman–Crippen LogP) is 5.62. The molecule has 0 saturated heterocycles. The van der Waals surface area contributed by atoms with Crippen molar-refractivity contribution in [1.29, 1.82) is 0 Å². The van der Waals surface area contributed by atoms with Crippen LogP contribution in [0.15, 0.2) is 30.3 Å². The first kappa shape index (κ1) is 21.2. The van der Waals surface area contributed by atoms with Crippen LogP contribution in [-0.2, 0) is 6.42 Å². The molecule has 2 heteroatoms. The maximum atomic E-state index is 10.4. The normalized spacial score (nSPS) is 15.2. The number of aliphatic hydroxyl groups is 1. The van der Waals surface area contributed by atoms with Gasteiger partial charge in [0.15, 0.2) is 0 Å². The van der Waals surface area contributed by atoms with Gasteiger partial charge in [-0.25, -0.2) is 0 Å². The van der Waals surface area contributed by atoms with Gasteiger partial charge in [-0.1, -0.05) is 101 Å². The topological polar surface area (TPSA) is 46.2 Å². The van der Waals surface area contributed by atoms with Gasteiger partial charge in [0.05, 0.1) is 6.10 Å². The molecule has 0 bridgehead atoms. The van der Waals surface area contributed by atoms with Crippen molar-refractivity contribution in [2.24, 2.45) is 5.73 Å². The maximum Gasteiger partial charge on any atom is 0.0720 e. The molecule has 0 aliphatic carbocycles.